The van der Waals surface area contributed by atoms with E-state index in [0.29, 0.717) is 0 Å². The van der Waals surface area contributed by atoms with Crippen molar-refractivity contribution >= 4 is 22.1 Å². The molecule has 1 nitrogen and oxygen atoms in total. The molecule has 0 saturated carbocycles. The van der Waals surface area contributed by atoms with Gasteiger partial charge in [-0.05, 0) is 40.4 Å². The van der Waals surface area contributed by atoms with Crippen LogP contribution in [0.5, 0.6) is 0 Å². The van der Waals surface area contributed by atoms with Crippen LogP contribution in [0.15, 0.2) is 39.9 Å². The van der Waals surface area contributed by atoms with E-state index in [1.165, 1.54) is 0 Å². The highest BCUT2D eigenvalue weighted by Gasteiger charge is 2.10. The number of aryl methyl sites for hydroxylation is 1. The first-order valence-corrected chi connectivity index (χ1v) is 7.16. The largest absolute Gasteiger partial charge is 0.255 e. The Balaban J connectivity index is 2.66. The Hall–Kier alpha value is -0.930. The van der Waals surface area contributed by atoms with Crippen molar-refractivity contribution in [3.8, 4) is 11.1 Å². The van der Waals surface area contributed by atoms with E-state index in [1.54, 1.807) is 17.6 Å². The SMILES string of the molecule is Cc1cccc(-c2ccsc2)c1S(C)=O. The van der Waals surface area contributed by atoms with Gasteiger partial charge in [-0.1, -0.05) is 18.2 Å². The predicted octanol–water partition coefficient (Wildman–Crippen LogP) is 3.46. The van der Waals surface area contributed by atoms with Crippen molar-refractivity contribution in [2.75, 3.05) is 6.26 Å². The molecule has 1 aromatic heterocycles. The van der Waals surface area contributed by atoms with Crippen molar-refractivity contribution in [2.24, 2.45) is 0 Å². The van der Waals surface area contributed by atoms with Crippen LogP contribution in [-0.2, 0) is 10.8 Å². The molecule has 0 amide bonds. The van der Waals surface area contributed by atoms with E-state index < -0.39 is 10.8 Å². The summed E-state index contributed by atoms with van der Waals surface area (Å²) in [4.78, 5) is 0.955. The standard InChI is InChI=1S/C12H12OS2/c1-9-4-3-5-11(12(9)15(2)13)10-6-7-14-8-10/h3-8H,1-2H3. The first-order valence-electron chi connectivity index (χ1n) is 4.66. The molecule has 0 bridgehead atoms. The van der Waals surface area contributed by atoms with Crippen molar-refractivity contribution in [1.29, 1.82) is 0 Å². The fourth-order valence-electron chi connectivity index (χ4n) is 1.68. The topological polar surface area (TPSA) is 17.1 Å². The summed E-state index contributed by atoms with van der Waals surface area (Å²) in [5, 5.41) is 4.13. The minimum atomic E-state index is -0.932. The highest BCUT2D eigenvalue weighted by atomic mass is 32.2. The molecule has 78 valence electrons. The highest BCUT2D eigenvalue weighted by molar-refractivity contribution is 7.84. The summed E-state index contributed by atoms with van der Waals surface area (Å²) >= 11 is 1.66. The molecule has 1 unspecified atom stereocenters. The zero-order valence-electron chi connectivity index (χ0n) is 8.69. The Labute approximate surface area is 96.2 Å². The molecule has 15 heavy (non-hydrogen) atoms. The van der Waals surface area contributed by atoms with E-state index in [2.05, 4.69) is 11.4 Å². The monoisotopic (exact) mass is 236 g/mol. The van der Waals surface area contributed by atoms with Gasteiger partial charge in [0.25, 0.3) is 0 Å². The normalized spacial score (nSPS) is 12.7. The van der Waals surface area contributed by atoms with Crippen LogP contribution in [0.1, 0.15) is 5.56 Å². The molecular formula is C12H12OS2. The maximum Gasteiger partial charge on any atom is 0.0507 e. The molecule has 0 aliphatic carbocycles. The number of hydrogen-bond donors (Lipinski definition) is 0. The van der Waals surface area contributed by atoms with Crippen molar-refractivity contribution < 1.29 is 4.21 Å². The van der Waals surface area contributed by atoms with Crippen molar-refractivity contribution in [1.82, 2.24) is 0 Å². The van der Waals surface area contributed by atoms with E-state index in [1.807, 2.05) is 30.5 Å². The molecule has 0 saturated heterocycles. The van der Waals surface area contributed by atoms with Crippen molar-refractivity contribution in [3.05, 3.63) is 40.6 Å². The van der Waals surface area contributed by atoms with Gasteiger partial charge in [0.15, 0.2) is 0 Å². The van der Waals surface area contributed by atoms with Crippen LogP contribution in [0, 0.1) is 6.92 Å². The van der Waals surface area contributed by atoms with Gasteiger partial charge in [0.05, 0.1) is 10.8 Å². The maximum absolute atomic E-state index is 11.7. The molecule has 0 spiro atoms. The van der Waals surface area contributed by atoms with E-state index in [9.17, 15) is 4.21 Å². The van der Waals surface area contributed by atoms with E-state index in [4.69, 9.17) is 0 Å². The van der Waals surface area contributed by atoms with Crippen LogP contribution in [0.4, 0.5) is 0 Å². The summed E-state index contributed by atoms with van der Waals surface area (Å²) < 4.78 is 11.7. The molecule has 0 fully saturated rings. The molecule has 1 aromatic carbocycles. The first-order chi connectivity index (χ1) is 7.20. The predicted molar refractivity (Wildman–Crippen MR) is 66.8 cm³/mol. The van der Waals surface area contributed by atoms with Gasteiger partial charge in [0, 0.05) is 11.2 Å². The molecule has 0 N–H and O–H groups in total. The average Bonchev–Trinajstić information content (AvgIpc) is 2.69. The number of benzene rings is 1. The lowest BCUT2D eigenvalue weighted by molar-refractivity contribution is 0.686. The molecule has 2 aromatic rings. The summed E-state index contributed by atoms with van der Waals surface area (Å²) in [7, 11) is -0.932. The lowest BCUT2D eigenvalue weighted by Gasteiger charge is -2.08. The molecule has 1 heterocycles. The lowest BCUT2D eigenvalue weighted by Crippen LogP contribution is -1.94. The second-order valence-corrected chi connectivity index (χ2v) is 5.51. The van der Waals surface area contributed by atoms with E-state index in [-0.39, 0.29) is 0 Å². The van der Waals surface area contributed by atoms with Gasteiger partial charge < -0.3 is 0 Å². The zero-order valence-corrected chi connectivity index (χ0v) is 10.3. The maximum atomic E-state index is 11.7. The molecule has 3 heteroatoms. The molecule has 0 radical (unpaired) electrons. The average molecular weight is 236 g/mol. The summed E-state index contributed by atoms with van der Waals surface area (Å²) in [5.41, 5.74) is 3.35. The second-order valence-electron chi connectivity index (χ2n) is 3.42. The van der Waals surface area contributed by atoms with E-state index in [0.717, 1.165) is 21.6 Å². The van der Waals surface area contributed by atoms with Crippen molar-refractivity contribution in [2.45, 2.75) is 11.8 Å². The molecule has 0 aliphatic heterocycles. The third kappa shape index (κ3) is 2.03. The summed E-state index contributed by atoms with van der Waals surface area (Å²) in [6.07, 6.45) is 1.73. The van der Waals surface area contributed by atoms with Gasteiger partial charge in [-0.15, -0.1) is 0 Å². The van der Waals surface area contributed by atoms with Gasteiger partial charge in [-0.3, -0.25) is 4.21 Å². The summed E-state index contributed by atoms with van der Waals surface area (Å²) in [6, 6.07) is 8.12. The number of thiophene rings is 1. The minimum absolute atomic E-state index is 0.932. The Bertz CT molecular complexity index is 486. The van der Waals surface area contributed by atoms with Gasteiger partial charge in [-0.25, -0.2) is 0 Å². The van der Waals surface area contributed by atoms with E-state index >= 15 is 0 Å². The summed E-state index contributed by atoms with van der Waals surface area (Å²) in [5.74, 6) is 0. The van der Waals surface area contributed by atoms with Gasteiger partial charge in [0.2, 0.25) is 0 Å². The van der Waals surface area contributed by atoms with Crippen LogP contribution in [0.2, 0.25) is 0 Å². The quantitative estimate of drug-likeness (QED) is 0.780. The van der Waals surface area contributed by atoms with Gasteiger partial charge in [0.1, 0.15) is 0 Å². The lowest BCUT2D eigenvalue weighted by atomic mass is 10.1. The first kappa shape index (κ1) is 10.6. The Morgan fingerprint density at radius 1 is 1.27 bits per heavy atom. The number of hydrogen-bond acceptors (Lipinski definition) is 2. The third-order valence-corrected chi connectivity index (χ3v) is 4.13. The number of rotatable bonds is 2. The smallest absolute Gasteiger partial charge is 0.0507 e. The summed E-state index contributed by atoms with van der Waals surface area (Å²) in [6.45, 7) is 2.01. The zero-order chi connectivity index (χ0) is 10.8. The Kier molecular flexibility index (Phi) is 3.03. The second kappa shape index (κ2) is 4.29. The Morgan fingerprint density at radius 3 is 2.67 bits per heavy atom. The molecule has 2 rings (SSSR count). The van der Waals surface area contributed by atoms with Crippen LogP contribution in [0.25, 0.3) is 11.1 Å². The van der Waals surface area contributed by atoms with Crippen LogP contribution in [0.3, 0.4) is 0 Å². The van der Waals surface area contributed by atoms with Crippen LogP contribution in [-0.4, -0.2) is 10.5 Å². The van der Waals surface area contributed by atoms with Gasteiger partial charge in [-0.2, -0.15) is 11.3 Å². The minimum Gasteiger partial charge on any atom is -0.255 e. The fourth-order valence-corrected chi connectivity index (χ4v) is 3.35. The van der Waals surface area contributed by atoms with Crippen molar-refractivity contribution in [3.63, 3.8) is 0 Å². The molecular weight excluding hydrogens is 224 g/mol. The Morgan fingerprint density at radius 2 is 2.07 bits per heavy atom. The third-order valence-electron chi connectivity index (χ3n) is 2.33. The molecule has 0 aliphatic rings. The van der Waals surface area contributed by atoms with Crippen LogP contribution < -0.4 is 0 Å². The highest BCUT2D eigenvalue weighted by Crippen LogP contribution is 2.29. The molecule has 1 atom stereocenters. The fraction of sp³-hybridized carbons (Fsp3) is 0.167. The van der Waals surface area contributed by atoms with Crippen LogP contribution >= 0.6 is 11.3 Å². The van der Waals surface area contributed by atoms with Gasteiger partial charge >= 0.3 is 0 Å².